The summed E-state index contributed by atoms with van der Waals surface area (Å²) in [5.41, 5.74) is 7.38. The van der Waals surface area contributed by atoms with Gasteiger partial charge in [-0.25, -0.2) is 4.79 Å². The highest BCUT2D eigenvalue weighted by atomic mass is 19.4. The molecule has 212 valence electrons. The number of amides is 1. The topological polar surface area (TPSA) is 128 Å². The zero-order chi connectivity index (χ0) is 30.5. The van der Waals surface area contributed by atoms with E-state index in [0.717, 1.165) is 24.6 Å². The number of nitrogen functional groups attached to an aromatic ring is 1. The maximum Gasteiger partial charge on any atom is 0.416 e. The molecule has 0 heterocycles. The van der Waals surface area contributed by atoms with E-state index < -0.39 is 23.6 Å². The first kappa shape index (κ1) is 34.7. The van der Waals surface area contributed by atoms with Crippen LogP contribution in [-0.2, 0) is 15.8 Å². The number of alkyl halides is 3. The lowest BCUT2D eigenvalue weighted by molar-refractivity contribution is -0.137. The minimum Gasteiger partial charge on any atom is -0.505 e. The lowest BCUT2D eigenvalue weighted by Gasteiger charge is -2.25. The van der Waals surface area contributed by atoms with Gasteiger partial charge in [-0.15, -0.1) is 6.58 Å². The third-order valence-electron chi connectivity index (χ3n) is 5.16. The van der Waals surface area contributed by atoms with Crippen molar-refractivity contribution < 1.29 is 33.0 Å². The number of para-hydroxylation sites is 1. The Morgan fingerprint density at radius 2 is 1.69 bits per heavy atom. The number of nitrogens with zero attached hydrogens (tertiary/aromatic N) is 1. The molecule has 1 amide bonds. The molecule has 0 radical (unpaired) electrons. The van der Waals surface area contributed by atoms with E-state index in [-0.39, 0.29) is 22.8 Å². The van der Waals surface area contributed by atoms with E-state index in [1.165, 1.54) is 42.5 Å². The second-order valence-electron chi connectivity index (χ2n) is 8.41. The Bertz CT molecular complexity index is 1250. The first-order valence-electron chi connectivity index (χ1n) is 11.8. The number of anilines is 2. The molecule has 2 rings (SSSR count). The number of aliphatic carboxylic acids is 1. The van der Waals surface area contributed by atoms with Crippen LogP contribution < -0.4 is 10.6 Å². The second-order valence-corrected chi connectivity index (χ2v) is 8.41. The fourth-order valence-corrected chi connectivity index (χ4v) is 2.82. The van der Waals surface area contributed by atoms with Gasteiger partial charge in [-0.3, -0.25) is 9.69 Å². The fourth-order valence-electron chi connectivity index (χ4n) is 2.82. The summed E-state index contributed by atoms with van der Waals surface area (Å²) in [4.78, 5) is 23.2. The molecule has 0 aromatic heterocycles. The van der Waals surface area contributed by atoms with Gasteiger partial charge in [0.2, 0.25) is 5.91 Å². The van der Waals surface area contributed by atoms with Crippen LogP contribution in [0.3, 0.4) is 0 Å². The second kappa shape index (κ2) is 15.8. The van der Waals surface area contributed by atoms with Gasteiger partial charge in [-0.05, 0) is 58.4 Å². The van der Waals surface area contributed by atoms with Crippen LogP contribution in [0.1, 0.15) is 64.7 Å². The van der Waals surface area contributed by atoms with Crippen LogP contribution in [0.2, 0.25) is 0 Å². The molecule has 0 bridgehead atoms. The van der Waals surface area contributed by atoms with Gasteiger partial charge in [0.25, 0.3) is 0 Å². The van der Waals surface area contributed by atoms with Crippen molar-refractivity contribution in [1.29, 1.82) is 5.41 Å². The summed E-state index contributed by atoms with van der Waals surface area (Å²) in [6.07, 6.45) is 0.461. The normalized spacial score (nSPS) is 11.1. The Hall–Kier alpha value is -4.34. The number of aromatic hydroxyl groups is 1. The summed E-state index contributed by atoms with van der Waals surface area (Å²) >= 11 is 0. The van der Waals surface area contributed by atoms with Crippen molar-refractivity contribution in [2.75, 3.05) is 10.6 Å². The van der Waals surface area contributed by atoms with Crippen LogP contribution >= 0.6 is 0 Å². The SMILES string of the molecule is C/C=C(\C)N(C(C)=O)c1cc(C(F)(F)F)ccc1C(C)=N.C=C(C)CC.Nc1cccc(/C=C\C(=O)O)c1O. The molecule has 0 unspecified atom stereocenters. The highest BCUT2D eigenvalue weighted by Gasteiger charge is 2.32. The molecule has 0 aliphatic rings. The zero-order valence-corrected chi connectivity index (χ0v) is 23.0. The molecule has 0 fully saturated rings. The predicted octanol–water partition coefficient (Wildman–Crippen LogP) is 7.41. The zero-order valence-electron chi connectivity index (χ0n) is 23.0. The maximum atomic E-state index is 12.9. The molecule has 7 nitrogen and oxygen atoms in total. The average molecular weight is 548 g/mol. The molecule has 10 heteroatoms. The number of rotatable bonds is 6. The van der Waals surface area contributed by atoms with Crippen LogP contribution in [0.25, 0.3) is 6.08 Å². The molecule has 0 atom stereocenters. The Balaban J connectivity index is 0.000000678. The summed E-state index contributed by atoms with van der Waals surface area (Å²) in [6.45, 7) is 13.9. The summed E-state index contributed by atoms with van der Waals surface area (Å²) in [6, 6.07) is 7.79. The lowest BCUT2D eigenvalue weighted by Crippen LogP contribution is -2.28. The standard InChI is InChI=1S/C15H17F3N2O.C9H9NO3.C5H10/c1-5-9(2)20(11(4)21)14-8-12(15(16,17)18)6-7-13(14)10(3)19;10-7-3-1-2-6(9(7)13)4-5-8(11)12;1-4-5(2)3/h5-8,19H,1-4H3;1-5,13H,10H2,(H,11,12);2,4H2,1,3H3/b9-5+,19-10?;5-4-;. The Morgan fingerprint density at radius 1 is 1.13 bits per heavy atom. The molecule has 2 aromatic rings. The van der Waals surface area contributed by atoms with Crippen LogP contribution in [0, 0.1) is 5.41 Å². The van der Waals surface area contributed by atoms with Crippen molar-refractivity contribution in [1.82, 2.24) is 0 Å². The van der Waals surface area contributed by atoms with Crippen LogP contribution in [0.4, 0.5) is 24.5 Å². The predicted molar refractivity (Wildman–Crippen MR) is 151 cm³/mol. The first-order chi connectivity index (χ1) is 18.0. The Morgan fingerprint density at radius 3 is 2.10 bits per heavy atom. The third kappa shape index (κ3) is 11.7. The number of halogens is 3. The van der Waals surface area contributed by atoms with E-state index >= 15 is 0 Å². The molecule has 5 N–H and O–H groups in total. The van der Waals surface area contributed by atoms with Gasteiger partial charge in [0.1, 0.15) is 5.75 Å². The number of phenolic OH excluding ortho intramolecular Hbond substituents is 1. The minimum atomic E-state index is -4.50. The van der Waals surface area contributed by atoms with Crippen molar-refractivity contribution in [2.24, 2.45) is 0 Å². The third-order valence-corrected chi connectivity index (χ3v) is 5.16. The number of carboxylic acids is 1. The van der Waals surface area contributed by atoms with E-state index in [1.54, 1.807) is 32.1 Å². The Labute approximate surface area is 227 Å². The van der Waals surface area contributed by atoms with E-state index in [2.05, 4.69) is 13.5 Å². The number of benzene rings is 2. The number of carboxylic acid groups (broad SMARTS) is 1. The number of allylic oxidation sites excluding steroid dienone is 3. The van der Waals surface area contributed by atoms with Gasteiger partial charge in [0.15, 0.2) is 0 Å². The van der Waals surface area contributed by atoms with Gasteiger partial charge in [0.05, 0.1) is 16.9 Å². The summed E-state index contributed by atoms with van der Waals surface area (Å²) in [7, 11) is 0. The number of phenols is 1. The summed E-state index contributed by atoms with van der Waals surface area (Å²) < 4.78 is 38.6. The number of nitrogens with one attached hydrogen (secondary N) is 1. The number of carbonyl (C=O) groups excluding carboxylic acids is 1. The highest BCUT2D eigenvalue weighted by Crippen LogP contribution is 2.35. The van der Waals surface area contributed by atoms with Gasteiger partial charge in [0, 0.05) is 35.5 Å². The number of nitrogens with two attached hydrogens (primary N) is 1. The van der Waals surface area contributed by atoms with Crippen molar-refractivity contribution in [2.45, 2.75) is 54.1 Å². The number of hydrogen-bond acceptors (Lipinski definition) is 5. The molecular formula is C29H36F3N3O4. The smallest absolute Gasteiger partial charge is 0.416 e. The quantitative estimate of drug-likeness (QED) is 0.0984. The number of hydrogen-bond donors (Lipinski definition) is 4. The largest absolute Gasteiger partial charge is 0.505 e. The van der Waals surface area contributed by atoms with E-state index in [0.29, 0.717) is 16.8 Å². The van der Waals surface area contributed by atoms with E-state index in [9.17, 15) is 27.9 Å². The first-order valence-corrected chi connectivity index (χ1v) is 11.8. The van der Waals surface area contributed by atoms with E-state index in [4.69, 9.17) is 16.2 Å². The average Bonchev–Trinajstić information content (AvgIpc) is 2.84. The number of carbonyl (C=O) groups is 2. The summed E-state index contributed by atoms with van der Waals surface area (Å²) in [5.74, 6) is -1.57. The molecule has 0 aliphatic heterocycles. The molecule has 2 aromatic carbocycles. The van der Waals surface area contributed by atoms with Crippen molar-refractivity contribution >= 4 is 35.0 Å². The molecule has 0 aliphatic carbocycles. The minimum absolute atomic E-state index is 0.0698. The highest BCUT2D eigenvalue weighted by molar-refractivity contribution is 6.06. The lowest BCUT2D eigenvalue weighted by atomic mass is 10.0. The van der Waals surface area contributed by atoms with Crippen LogP contribution in [0.15, 0.2) is 66.4 Å². The molecule has 0 saturated carbocycles. The summed E-state index contributed by atoms with van der Waals surface area (Å²) in [5, 5.41) is 25.4. The van der Waals surface area contributed by atoms with Gasteiger partial charge < -0.3 is 21.4 Å². The monoisotopic (exact) mass is 547 g/mol. The van der Waals surface area contributed by atoms with Crippen LogP contribution in [0.5, 0.6) is 5.75 Å². The van der Waals surface area contributed by atoms with Crippen molar-refractivity contribution in [3.63, 3.8) is 0 Å². The Kier molecular flexibility index (Phi) is 14.0. The van der Waals surface area contributed by atoms with Crippen molar-refractivity contribution in [3.8, 4) is 5.75 Å². The molecule has 39 heavy (non-hydrogen) atoms. The van der Waals surface area contributed by atoms with Gasteiger partial charge >= 0.3 is 12.1 Å². The molecular weight excluding hydrogens is 511 g/mol. The fraction of sp³-hybridized carbons (Fsp3) is 0.276. The van der Waals surface area contributed by atoms with E-state index in [1.807, 2.05) is 6.92 Å². The van der Waals surface area contributed by atoms with Gasteiger partial charge in [-0.2, -0.15) is 13.2 Å². The van der Waals surface area contributed by atoms with Crippen LogP contribution in [-0.4, -0.2) is 27.8 Å². The maximum absolute atomic E-state index is 12.9. The molecule has 0 spiro atoms. The van der Waals surface area contributed by atoms with Gasteiger partial charge in [-0.1, -0.05) is 36.8 Å². The van der Waals surface area contributed by atoms with Crippen molar-refractivity contribution in [3.05, 3.63) is 83.1 Å². The molecule has 0 saturated heterocycles.